The molecule has 7 nitrogen and oxygen atoms in total. The van der Waals surface area contributed by atoms with Gasteiger partial charge in [-0.3, -0.25) is 9.48 Å². The second kappa shape index (κ2) is 5.53. The molecule has 114 valence electrons. The molecule has 0 aliphatic carbocycles. The molecule has 0 fully saturated rings. The molecule has 2 N–H and O–H groups in total. The summed E-state index contributed by atoms with van der Waals surface area (Å²) >= 11 is 0. The standard InChI is InChI=1S/C12H21N3O4S/c1-8-11(9(2)15(14-8)6-10(16)17)20(18,19)13-7-12(3,4)5/h13H,6-7H2,1-5H3,(H,16,17). The van der Waals surface area contributed by atoms with E-state index in [1.807, 2.05) is 20.8 Å². The summed E-state index contributed by atoms with van der Waals surface area (Å²) in [5, 5.41) is 12.8. The zero-order valence-electron chi connectivity index (χ0n) is 12.4. The fourth-order valence-electron chi connectivity index (χ4n) is 1.74. The minimum absolute atomic E-state index is 0.0583. The van der Waals surface area contributed by atoms with E-state index >= 15 is 0 Å². The molecular formula is C12H21N3O4S. The van der Waals surface area contributed by atoms with Crippen LogP contribution in [0.25, 0.3) is 0 Å². The maximum Gasteiger partial charge on any atom is 0.325 e. The summed E-state index contributed by atoms with van der Waals surface area (Å²) in [6, 6.07) is 0. The Morgan fingerprint density at radius 3 is 2.35 bits per heavy atom. The van der Waals surface area contributed by atoms with Gasteiger partial charge < -0.3 is 5.11 Å². The van der Waals surface area contributed by atoms with E-state index in [9.17, 15) is 13.2 Å². The van der Waals surface area contributed by atoms with Gasteiger partial charge in [0.15, 0.2) is 0 Å². The molecule has 0 aromatic carbocycles. The largest absolute Gasteiger partial charge is 0.480 e. The molecule has 0 unspecified atom stereocenters. The van der Waals surface area contributed by atoms with Crippen molar-refractivity contribution in [1.29, 1.82) is 0 Å². The second-order valence-corrected chi connectivity index (χ2v) is 7.64. The number of rotatable bonds is 5. The summed E-state index contributed by atoms with van der Waals surface area (Å²) in [6.07, 6.45) is 0. The van der Waals surface area contributed by atoms with Crippen molar-refractivity contribution >= 4 is 16.0 Å². The first-order valence-corrected chi connectivity index (χ1v) is 7.68. The van der Waals surface area contributed by atoms with Gasteiger partial charge >= 0.3 is 5.97 Å². The Hall–Kier alpha value is -1.41. The maximum atomic E-state index is 12.3. The topological polar surface area (TPSA) is 101 Å². The molecule has 0 spiro atoms. The number of hydrogen-bond acceptors (Lipinski definition) is 4. The Labute approximate surface area is 119 Å². The lowest BCUT2D eigenvalue weighted by Crippen LogP contribution is -2.32. The zero-order chi connectivity index (χ0) is 15.7. The molecule has 0 bridgehead atoms. The third kappa shape index (κ3) is 4.04. The van der Waals surface area contributed by atoms with E-state index in [1.165, 1.54) is 4.68 Å². The first-order valence-electron chi connectivity index (χ1n) is 6.19. The molecule has 0 saturated heterocycles. The normalized spacial score (nSPS) is 12.7. The molecule has 0 radical (unpaired) electrons. The average Bonchev–Trinajstić information content (AvgIpc) is 2.50. The van der Waals surface area contributed by atoms with Gasteiger partial charge in [-0.1, -0.05) is 20.8 Å². The van der Waals surface area contributed by atoms with Gasteiger partial charge in [0, 0.05) is 6.54 Å². The Morgan fingerprint density at radius 2 is 1.90 bits per heavy atom. The van der Waals surface area contributed by atoms with Crippen LogP contribution in [0.1, 0.15) is 32.2 Å². The van der Waals surface area contributed by atoms with Crippen LogP contribution < -0.4 is 4.72 Å². The lowest BCUT2D eigenvalue weighted by atomic mass is 9.98. The summed E-state index contributed by atoms with van der Waals surface area (Å²) in [6.45, 7) is 8.79. The molecule has 8 heteroatoms. The van der Waals surface area contributed by atoms with E-state index in [4.69, 9.17) is 5.11 Å². The lowest BCUT2D eigenvalue weighted by Gasteiger charge is -2.18. The van der Waals surface area contributed by atoms with Gasteiger partial charge in [-0.05, 0) is 19.3 Å². The molecule has 1 rings (SSSR count). The van der Waals surface area contributed by atoms with E-state index in [0.29, 0.717) is 17.9 Å². The van der Waals surface area contributed by atoms with E-state index in [0.717, 1.165) is 0 Å². The Morgan fingerprint density at radius 1 is 1.35 bits per heavy atom. The number of aryl methyl sites for hydroxylation is 1. The van der Waals surface area contributed by atoms with Crippen molar-refractivity contribution in [3.05, 3.63) is 11.4 Å². The van der Waals surface area contributed by atoms with Gasteiger partial charge in [-0.2, -0.15) is 5.10 Å². The first-order chi connectivity index (χ1) is 8.94. The van der Waals surface area contributed by atoms with Gasteiger partial charge in [0.2, 0.25) is 10.0 Å². The van der Waals surface area contributed by atoms with E-state index in [2.05, 4.69) is 9.82 Å². The van der Waals surface area contributed by atoms with Crippen LogP contribution in [0.5, 0.6) is 0 Å². The number of nitrogens with one attached hydrogen (secondary N) is 1. The number of carbonyl (C=O) groups is 1. The maximum absolute atomic E-state index is 12.3. The van der Waals surface area contributed by atoms with Gasteiger partial charge in [-0.15, -0.1) is 0 Å². The van der Waals surface area contributed by atoms with Crippen molar-refractivity contribution in [2.24, 2.45) is 5.41 Å². The highest BCUT2D eigenvalue weighted by Crippen LogP contribution is 2.20. The van der Waals surface area contributed by atoms with Crippen LogP contribution >= 0.6 is 0 Å². The number of aromatic nitrogens is 2. The van der Waals surface area contributed by atoms with Crippen molar-refractivity contribution < 1.29 is 18.3 Å². The molecule has 1 heterocycles. The molecule has 0 amide bonds. The fourth-order valence-corrected chi connectivity index (χ4v) is 3.43. The van der Waals surface area contributed by atoms with Gasteiger partial charge in [0.1, 0.15) is 11.4 Å². The molecule has 20 heavy (non-hydrogen) atoms. The number of nitrogens with zero attached hydrogens (tertiary/aromatic N) is 2. The molecule has 0 aliphatic heterocycles. The van der Waals surface area contributed by atoms with Crippen LogP contribution in [0.15, 0.2) is 4.90 Å². The minimum Gasteiger partial charge on any atom is -0.480 e. The van der Waals surface area contributed by atoms with Gasteiger partial charge in [0.25, 0.3) is 0 Å². The Balaban J connectivity index is 3.13. The number of hydrogen-bond donors (Lipinski definition) is 2. The zero-order valence-corrected chi connectivity index (χ0v) is 13.2. The van der Waals surface area contributed by atoms with Crippen LogP contribution in [-0.2, 0) is 21.4 Å². The number of carboxylic acid groups (broad SMARTS) is 1. The average molecular weight is 303 g/mol. The predicted molar refractivity (Wildman–Crippen MR) is 74.0 cm³/mol. The van der Waals surface area contributed by atoms with Gasteiger partial charge in [-0.25, -0.2) is 13.1 Å². The Kier molecular flexibility index (Phi) is 4.60. The van der Waals surface area contributed by atoms with Crippen LogP contribution in [-0.4, -0.2) is 35.8 Å². The monoisotopic (exact) mass is 303 g/mol. The van der Waals surface area contributed by atoms with E-state index in [-0.39, 0.29) is 16.9 Å². The summed E-state index contributed by atoms with van der Waals surface area (Å²) < 4.78 is 28.3. The van der Waals surface area contributed by atoms with Crippen LogP contribution in [0.3, 0.4) is 0 Å². The molecule has 0 atom stereocenters. The van der Waals surface area contributed by atoms with Crippen molar-refractivity contribution in [2.45, 2.75) is 46.1 Å². The minimum atomic E-state index is -3.70. The third-order valence-corrected chi connectivity index (χ3v) is 4.31. The van der Waals surface area contributed by atoms with E-state index in [1.54, 1.807) is 13.8 Å². The Bertz CT molecular complexity index is 611. The van der Waals surface area contributed by atoms with Crippen LogP contribution in [0, 0.1) is 19.3 Å². The number of sulfonamides is 1. The van der Waals surface area contributed by atoms with Crippen molar-refractivity contribution in [1.82, 2.24) is 14.5 Å². The summed E-state index contributed by atoms with van der Waals surface area (Å²) in [5.74, 6) is -1.07. The second-order valence-electron chi connectivity index (χ2n) is 5.94. The summed E-state index contributed by atoms with van der Waals surface area (Å²) in [4.78, 5) is 10.8. The fraction of sp³-hybridized carbons (Fsp3) is 0.667. The van der Waals surface area contributed by atoms with Crippen molar-refractivity contribution in [3.8, 4) is 0 Å². The molecule has 0 saturated carbocycles. The van der Waals surface area contributed by atoms with E-state index < -0.39 is 16.0 Å². The highest BCUT2D eigenvalue weighted by atomic mass is 32.2. The quantitative estimate of drug-likeness (QED) is 0.842. The van der Waals surface area contributed by atoms with Crippen molar-refractivity contribution in [2.75, 3.05) is 6.54 Å². The molecular weight excluding hydrogens is 282 g/mol. The van der Waals surface area contributed by atoms with Crippen LogP contribution in [0.4, 0.5) is 0 Å². The highest BCUT2D eigenvalue weighted by Gasteiger charge is 2.26. The first kappa shape index (κ1) is 16.6. The number of aliphatic carboxylic acids is 1. The van der Waals surface area contributed by atoms with Crippen LogP contribution in [0.2, 0.25) is 0 Å². The molecule has 0 aliphatic rings. The SMILES string of the molecule is Cc1nn(CC(=O)O)c(C)c1S(=O)(=O)NCC(C)(C)C. The lowest BCUT2D eigenvalue weighted by molar-refractivity contribution is -0.137. The third-order valence-electron chi connectivity index (χ3n) is 2.66. The number of carboxylic acids is 1. The molecule has 1 aromatic heterocycles. The molecule has 1 aromatic rings. The predicted octanol–water partition coefficient (Wildman–Crippen LogP) is 0.909. The van der Waals surface area contributed by atoms with Crippen molar-refractivity contribution in [3.63, 3.8) is 0 Å². The summed E-state index contributed by atoms with van der Waals surface area (Å²) in [5.41, 5.74) is 0.433. The van der Waals surface area contributed by atoms with Gasteiger partial charge in [0.05, 0.1) is 11.4 Å². The summed E-state index contributed by atoms with van der Waals surface area (Å²) in [7, 11) is -3.70. The smallest absolute Gasteiger partial charge is 0.325 e. The highest BCUT2D eigenvalue weighted by molar-refractivity contribution is 7.89.